The Labute approximate surface area is 192 Å². The number of ether oxygens (including phenoxy) is 2. The highest BCUT2D eigenvalue weighted by Crippen LogP contribution is 2.30. The summed E-state index contributed by atoms with van der Waals surface area (Å²) in [6, 6.07) is 9.19. The van der Waals surface area contributed by atoms with Crippen LogP contribution in [0.5, 0.6) is 5.75 Å². The number of aryl methyl sites for hydroxylation is 1. The second kappa shape index (κ2) is 9.04. The third-order valence-corrected chi connectivity index (χ3v) is 5.67. The van der Waals surface area contributed by atoms with Crippen molar-refractivity contribution in [3.63, 3.8) is 0 Å². The average molecular weight is 453 g/mol. The lowest BCUT2D eigenvalue weighted by molar-refractivity contribution is -0.141. The van der Waals surface area contributed by atoms with E-state index < -0.39 is 0 Å². The molecule has 3 heterocycles. The van der Waals surface area contributed by atoms with Gasteiger partial charge in [0, 0.05) is 12.4 Å². The van der Waals surface area contributed by atoms with Crippen LogP contribution in [0.3, 0.4) is 0 Å². The zero-order valence-electron chi connectivity index (χ0n) is 18.4. The normalized spacial score (nSPS) is 18.5. The van der Waals surface area contributed by atoms with Gasteiger partial charge in [0.1, 0.15) is 17.0 Å². The van der Waals surface area contributed by atoms with Crippen LogP contribution in [0.2, 0.25) is 5.15 Å². The zero-order chi connectivity index (χ0) is 22.8. The van der Waals surface area contributed by atoms with E-state index in [-0.39, 0.29) is 18.1 Å². The van der Waals surface area contributed by atoms with Gasteiger partial charge in [-0.1, -0.05) is 23.7 Å². The van der Waals surface area contributed by atoms with E-state index in [1.54, 1.807) is 36.7 Å². The predicted octanol–water partition coefficient (Wildman–Crippen LogP) is 4.59. The first-order valence-corrected chi connectivity index (χ1v) is 10.7. The summed E-state index contributed by atoms with van der Waals surface area (Å²) in [5.41, 5.74) is 3.50. The number of hydrogen-bond acceptors (Lipinski definition) is 5. The van der Waals surface area contributed by atoms with E-state index in [1.807, 2.05) is 55.8 Å². The number of carbonyl (C=O) groups excluding carboxylic acids is 1. The standard InChI is InChI=1S/C24H25ClN4O3/c1-15-12-28(14-27-15)20-7-5-18(9-21(20)31-4)10-22-24(30)29(13-16(2)32-22)17(3)19-6-8-23(25)26-11-19/h5-12,14,16-17H,13H2,1-4H3/t16-,17-/m0/s1. The highest BCUT2D eigenvalue weighted by atomic mass is 35.5. The van der Waals surface area contributed by atoms with E-state index in [0.29, 0.717) is 23.2 Å². The molecular weight excluding hydrogens is 428 g/mol. The molecule has 1 saturated heterocycles. The van der Waals surface area contributed by atoms with Crippen molar-refractivity contribution in [1.82, 2.24) is 19.4 Å². The second-order valence-electron chi connectivity index (χ2n) is 7.84. The molecule has 4 rings (SSSR count). The van der Waals surface area contributed by atoms with Gasteiger partial charge in [-0.2, -0.15) is 0 Å². The lowest BCUT2D eigenvalue weighted by atomic mass is 10.1. The van der Waals surface area contributed by atoms with E-state index >= 15 is 0 Å². The van der Waals surface area contributed by atoms with Crippen LogP contribution < -0.4 is 4.74 Å². The molecule has 166 valence electrons. The molecule has 2 aromatic heterocycles. The fourth-order valence-corrected chi connectivity index (χ4v) is 3.86. The first-order valence-electron chi connectivity index (χ1n) is 10.4. The van der Waals surface area contributed by atoms with Gasteiger partial charge in [-0.15, -0.1) is 0 Å². The number of halogens is 1. The van der Waals surface area contributed by atoms with Crippen molar-refractivity contribution in [2.75, 3.05) is 13.7 Å². The minimum atomic E-state index is -0.168. The van der Waals surface area contributed by atoms with Crippen molar-refractivity contribution in [2.45, 2.75) is 32.9 Å². The molecule has 0 radical (unpaired) electrons. The fraction of sp³-hybridized carbons (Fsp3) is 0.292. The third kappa shape index (κ3) is 4.48. The van der Waals surface area contributed by atoms with Gasteiger partial charge in [0.05, 0.1) is 37.4 Å². The number of amides is 1. The van der Waals surface area contributed by atoms with E-state index in [1.165, 1.54) is 0 Å². The summed E-state index contributed by atoms with van der Waals surface area (Å²) >= 11 is 5.91. The third-order valence-electron chi connectivity index (χ3n) is 5.45. The fourth-order valence-electron chi connectivity index (χ4n) is 3.75. The Balaban J connectivity index is 1.62. The van der Waals surface area contributed by atoms with Crippen molar-refractivity contribution in [1.29, 1.82) is 0 Å². The Morgan fingerprint density at radius 2 is 2.09 bits per heavy atom. The average Bonchev–Trinajstić information content (AvgIpc) is 3.22. The van der Waals surface area contributed by atoms with Crippen LogP contribution in [0, 0.1) is 6.92 Å². The molecule has 0 bridgehead atoms. The number of morpholine rings is 1. The molecule has 7 nitrogen and oxygen atoms in total. The molecular formula is C24H25ClN4O3. The van der Waals surface area contributed by atoms with Gasteiger partial charge in [0.15, 0.2) is 5.76 Å². The minimum absolute atomic E-state index is 0.142. The Morgan fingerprint density at radius 3 is 2.75 bits per heavy atom. The maximum atomic E-state index is 13.2. The van der Waals surface area contributed by atoms with Crippen LogP contribution in [0.4, 0.5) is 0 Å². The number of benzene rings is 1. The molecule has 0 N–H and O–H groups in total. The summed E-state index contributed by atoms with van der Waals surface area (Å²) in [6.07, 6.45) is 6.98. The van der Waals surface area contributed by atoms with Crippen molar-refractivity contribution in [3.05, 3.63) is 76.8 Å². The maximum Gasteiger partial charge on any atom is 0.289 e. The molecule has 0 spiro atoms. The van der Waals surface area contributed by atoms with Gasteiger partial charge in [0.2, 0.25) is 0 Å². The number of aromatic nitrogens is 3. The van der Waals surface area contributed by atoms with E-state index in [9.17, 15) is 4.79 Å². The van der Waals surface area contributed by atoms with Crippen LogP contribution >= 0.6 is 11.6 Å². The smallest absolute Gasteiger partial charge is 0.289 e. The molecule has 1 aromatic carbocycles. The van der Waals surface area contributed by atoms with Crippen LogP contribution in [-0.4, -0.2) is 45.1 Å². The number of methoxy groups -OCH3 is 1. The number of pyridine rings is 1. The molecule has 1 amide bonds. The summed E-state index contributed by atoms with van der Waals surface area (Å²) in [5, 5.41) is 0.423. The maximum absolute atomic E-state index is 13.2. The SMILES string of the molecule is COc1cc(C=C2O[C@@H](C)CN([C@@H](C)c3ccc(Cl)nc3)C2=O)ccc1-n1cnc(C)c1. The molecule has 0 unspecified atom stereocenters. The number of nitrogens with zero attached hydrogens (tertiary/aromatic N) is 4. The molecule has 0 saturated carbocycles. The monoisotopic (exact) mass is 452 g/mol. The van der Waals surface area contributed by atoms with Gasteiger partial charge in [-0.05, 0) is 56.2 Å². The highest BCUT2D eigenvalue weighted by Gasteiger charge is 2.33. The van der Waals surface area contributed by atoms with E-state index in [4.69, 9.17) is 21.1 Å². The topological polar surface area (TPSA) is 69.5 Å². The largest absolute Gasteiger partial charge is 0.495 e. The van der Waals surface area contributed by atoms with E-state index in [0.717, 1.165) is 22.5 Å². The van der Waals surface area contributed by atoms with Crippen LogP contribution in [0.15, 0.2) is 54.8 Å². The molecule has 1 aliphatic rings. The summed E-state index contributed by atoms with van der Waals surface area (Å²) < 4.78 is 13.4. The Kier molecular flexibility index (Phi) is 6.19. The Hall–Kier alpha value is -3.32. The van der Waals surface area contributed by atoms with Crippen molar-refractivity contribution in [2.24, 2.45) is 0 Å². The number of carbonyl (C=O) groups is 1. The van der Waals surface area contributed by atoms with Crippen LogP contribution in [0.1, 0.15) is 36.7 Å². The molecule has 1 aliphatic heterocycles. The predicted molar refractivity (Wildman–Crippen MR) is 123 cm³/mol. The molecule has 32 heavy (non-hydrogen) atoms. The van der Waals surface area contributed by atoms with Crippen LogP contribution in [-0.2, 0) is 9.53 Å². The van der Waals surface area contributed by atoms with Crippen molar-refractivity contribution in [3.8, 4) is 11.4 Å². The second-order valence-corrected chi connectivity index (χ2v) is 8.23. The number of hydrogen-bond donors (Lipinski definition) is 0. The Morgan fingerprint density at radius 1 is 1.28 bits per heavy atom. The number of rotatable bonds is 5. The molecule has 1 fully saturated rings. The molecule has 0 aliphatic carbocycles. The van der Waals surface area contributed by atoms with Gasteiger partial charge in [-0.25, -0.2) is 9.97 Å². The lowest BCUT2D eigenvalue weighted by Gasteiger charge is -2.37. The first-order chi connectivity index (χ1) is 15.4. The summed E-state index contributed by atoms with van der Waals surface area (Å²) in [7, 11) is 1.62. The van der Waals surface area contributed by atoms with Gasteiger partial charge in [0.25, 0.3) is 5.91 Å². The van der Waals surface area contributed by atoms with Gasteiger partial charge in [-0.3, -0.25) is 4.79 Å². The number of imidazole rings is 1. The van der Waals surface area contributed by atoms with Crippen molar-refractivity contribution >= 4 is 23.6 Å². The van der Waals surface area contributed by atoms with Crippen LogP contribution in [0.25, 0.3) is 11.8 Å². The quantitative estimate of drug-likeness (QED) is 0.418. The van der Waals surface area contributed by atoms with E-state index in [2.05, 4.69) is 9.97 Å². The van der Waals surface area contributed by atoms with Gasteiger partial charge < -0.3 is 18.9 Å². The lowest BCUT2D eigenvalue weighted by Crippen LogP contribution is -2.45. The van der Waals surface area contributed by atoms with Gasteiger partial charge >= 0.3 is 0 Å². The zero-order valence-corrected chi connectivity index (χ0v) is 19.2. The summed E-state index contributed by atoms with van der Waals surface area (Å²) in [4.78, 5) is 23.5. The molecule has 3 aromatic rings. The highest BCUT2D eigenvalue weighted by molar-refractivity contribution is 6.29. The van der Waals surface area contributed by atoms with Crippen molar-refractivity contribution < 1.29 is 14.3 Å². The first kappa shape index (κ1) is 21.9. The Bertz CT molecular complexity index is 1160. The molecule has 8 heteroatoms. The molecule has 2 atom stereocenters. The summed E-state index contributed by atoms with van der Waals surface area (Å²) in [6.45, 7) is 6.35. The summed E-state index contributed by atoms with van der Waals surface area (Å²) in [5.74, 6) is 0.801. The minimum Gasteiger partial charge on any atom is -0.495 e.